The second-order valence-electron chi connectivity index (χ2n) is 4.52. The molecule has 3 aromatic rings. The highest BCUT2D eigenvalue weighted by Gasteiger charge is 2.15. The van der Waals surface area contributed by atoms with E-state index in [4.69, 9.17) is 4.74 Å². The fourth-order valence-corrected chi connectivity index (χ4v) is 3.04. The average molecular weight is 301 g/mol. The molecule has 0 fully saturated rings. The Labute approximate surface area is 125 Å². The monoisotopic (exact) mass is 301 g/mol. The number of ether oxygens (including phenoxy) is 1. The van der Waals surface area contributed by atoms with Crippen LogP contribution in [0.3, 0.4) is 0 Å². The van der Waals surface area contributed by atoms with E-state index in [-0.39, 0.29) is 17.8 Å². The van der Waals surface area contributed by atoms with Crippen LogP contribution in [0.5, 0.6) is 5.75 Å². The first-order valence-corrected chi connectivity index (χ1v) is 7.20. The van der Waals surface area contributed by atoms with Crippen LogP contribution in [0.1, 0.15) is 15.4 Å². The minimum atomic E-state index is -0.569. The molecule has 0 aliphatic rings. The molecule has 0 saturated carbocycles. The molecule has 0 amide bonds. The quantitative estimate of drug-likeness (QED) is 0.687. The van der Waals surface area contributed by atoms with Gasteiger partial charge < -0.3 is 4.74 Å². The van der Waals surface area contributed by atoms with E-state index in [1.807, 2.05) is 24.3 Å². The van der Waals surface area contributed by atoms with E-state index >= 15 is 0 Å². The first kappa shape index (κ1) is 13.7. The summed E-state index contributed by atoms with van der Waals surface area (Å²) in [6.07, 6.45) is 0.0998. The molecule has 21 heavy (non-hydrogen) atoms. The van der Waals surface area contributed by atoms with Crippen molar-refractivity contribution in [1.29, 1.82) is 0 Å². The van der Waals surface area contributed by atoms with E-state index in [0.717, 1.165) is 10.2 Å². The van der Waals surface area contributed by atoms with E-state index in [9.17, 15) is 9.18 Å². The Balaban J connectivity index is 1.85. The fraction of sp³-hybridized carbons (Fsp3) is 0.125. The predicted octanol–water partition coefficient (Wildman–Crippen LogP) is 3.87. The van der Waals surface area contributed by atoms with Crippen molar-refractivity contribution in [2.75, 3.05) is 7.11 Å². The molecular formula is C16H12FNO2S. The normalized spacial score (nSPS) is 10.8. The Morgan fingerprint density at radius 2 is 2.10 bits per heavy atom. The summed E-state index contributed by atoms with van der Waals surface area (Å²) in [6, 6.07) is 11.9. The molecule has 0 aliphatic carbocycles. The average Bonchev–Trinajstić information content (AvgIpc) is 2.88. The summed E-state index contributed by atoms with van der Waals surface area (Å²) in [7, 11) is 1.46. The lowest BCUT2D eigenvalue weighted by Crippen LogP contribution is -2.06. The number of nitrogens with zero attached hydrogens (tertiary/aromatic N) is 1. The van der Waals surface area contributed by atoms with Gasteiger partial charge in [-0.1, -0.05) is 12.1 Å². The van der Waals surface area contributed by atoms with Crippen molar-refractivity contribution in [3.05, 3.63) is 58.9 Å². The van der Waals surface area contributed by atoms with Crippen LogP contribution >= 0.6 is 11.3 Å². The van der Waals surface area contributed by atoms with E-state index in [0.29, 0.717) is 10.8 Å². The molecule has 0 radical (unpaired) electrons. The van der Waals surface area contributed by atoms with Crippen molar-refractivity contribution in [3.8, 4) is 5.75 Å². The van der Waals surface area contributed by atoms with Crippen molar-refractivity contribution in [2.45, 2.75) is 6.42 Å². The lowest BCUT2D eigenvalue weighted by atomic mass is 10.1. The van der Waals surface area contributed by atoms with Crippen LogP contribution in [0.4, 0.5) is 4.39 Å². The van der Waals surface area contributed by atoms with Crippen LogP contribution in [0.2, 0.25) is 0 Å². The lowest BCUT2D eigenvalue weighted by Gasteiger charge is -2.03. The summed E-state index contributed by atoms with van der Waals surface area (Å²) in [6.45, 7) is 0. The van der Waals surface area contributed by atoms with Crippen LogP contribution in [-0.4, -0.2) is 17.9 Å². The number of benzene rings is 2. The van der Waals surface area contributed by atoms with Gasteiger partial charge in [-0.15, -0.1) is 11.3 Å². The number of carbonyl (C=O) groups excluding carboxylic acids is 1. The maximum Gasteiger partial charge on any atom is 0.172 e. The summed E-state index contributed by atoms with van der Waals surface area (Å²) in [5, 5.41) is 0.691. The second-order valence-corrected chi connectivity index (χ2v) is 5.64. The summed E-state index contributed by atoms with van der Waals surface area (Å²) < 4.78 is 19.8. The number of rotatable bonds is 4. The molecule has 0 N–H and O–H groups in total. The van der Waals surface area contributed by atoms with Gasteiger partial charge in [0.1, 0.15) is 16.6 Å². The van der Waals surface area contributed by atoms with Gasteiger partial charge in [-0.2, -0.15) is 0 Å². The minimum absolute atomic E-state index is 0.0649. The van der Waals surface area contributed by atoms with Gasteiger partial charge in [-0.3, -0.25) is 4.79 Å². The first-order chi connectivity index (χ1) is 10.2. The SMILES string of the molecule is COc1ccc(C(=O)Cc2nc3ccccc3s2)c(F)c1. The minimum Gasteiger partial charge on any atom is -0.497 e. The summed E-state index contributed by atoms with van der Waals surface area (Å²) in [5.74, 6) is -0.460. The number of ketones is 1. The van der Waals surface area contributed by atoms with Gasteiger partial charge in [0, 0.05) is 6.07 Å². The Hall–Kier alpha value is -2.27. The van der Waals surface area contributed by atoms with Crippen LogP contribution in [0.25, 0.3) is 10.2 Å². The third-order valence-corrected chi connectivity index (χ3v) is 4.16. The van der Waals surface area contributed by atoms with Gasteiger partial charge in [-0.25, -0.2) is 9.37 Å². The summed E-state index contributed by atoms with van der Waals surface area (Å²) in [4.78, 5) is 16.6. The number of fused-ring (bicyclic) bond motifs is 1. The molecule has 1 heterocycles. The number of hydrogen-bond acceptors (Lipinski definition) is 4. The number of hydrogen-bond donors (Lipinski definition) is 0. The zero-order valence-electron chi connectivity index (χ0n) is 11.3. The van der Waals surface area contributed by atoms with Gasteiger partial charge >= 0.3 is 0 Å². The van der Waals surface area contributed by atoms with Crippen LogP contribution in [0, 0.1) is 5.82 Å². The zero-order valence-corrected chi connectivity index (χ0v) is 12.1. The van der Waals surface area contributed by atoms with E-state index in [2.05, 4.69) is 4.98 Å². The Kier molecular flexibility index (Phi) is 3.66. The van der Waals surface area contributed by atoms with Gasteiger partial charge in [0.15, 0.2) is 5.78 Å². The smallest absolute Gasteiger partial charge is 0.172 e. The van der Waals surface area contributed by atoms with Crippen LogP contribution < -0.4 is 4.74 Å². The molecule has 0 spiro atoms. The molecule has 0 bridgehead atoms. The maximum atomic E-state index is 13.9. The molecule has 106 valence electrons. The van der Waals surface area contributed by atoms with Gasteiger partial charge in [0.05, 0.1) is 29.3 Å². The van der Waals surface area contributed by atoms with Crippen molar-refractivity contribution >= 4 is 27.3 Å². The predicted molar refractivity (Wildman–Crippen MR) is 80.6 cm³/mol. The van der Waals surface area contributed by atoms with Crippen molar-refractivity contribution in [2.24, 2.45) is 0 Å². The highest BCUT2D eigenvalue weighted by atomic mass is 32.1. The fourth-order valence-electron chi connectivity index (χ4n) is 2.08. The third kappa shape index (κ3) is 2.78. The Morgan fingerprint density at radius 3 is 2.81 bits per heavy atom. The Morgan fingerprint density at radius 1 is 1.29 bits per heavy atom. The summed E-state index contributed by atoms with van der Waals surface area (Å²) >= 11 is 1.45. The molecule has 2 aromatic carbocycles. The van der Waals surface area contributed by atoms with Crippen LogP contribution in [-0.2, 0) is 6.42 Å². The topological polar surface area (TPSA) is 39.2 Å². The molecule has 1 aromatic heterocycles. The highest BCUT2D eigenvalue weighted by molar-refractivity contribution is 7.18. The van der Waals surface area contributed by atoms with Crippen molar-refractivity contribution in [3.63, 3.8) is 0 Å². The molecule has 5 heteroatoms. The number of aromatic nitrogens is 1. The van der Waals surface area contributed by atoms with Gasteiger partial charge in [-0.05, 0) is 24.3 Å². The zero-order chi connectivity index (χ0) is 14.8. The van der Waals surface area contributed by atoms with Crippen molar-refractivity contribution < 1.29 is 13.9 Å². The summed E-state index contributed by atoms with van der Waals surface area (Å²) in [5.41, 5.74) is 0.926. The highest BCUT2D eigenvalue weighted by Crippen LogP contribution is 2.24. The number of thiazole rings is 1. The van der Waals surface area contributed by atoms with Crippen molar-refractivity contribution in [1.82, 2.24) is 4.98 Å². The maximum absolute atomic E-state index is 13.9. The van der Waals surface area contributed by atoms with E-state index < -0.39 is 5.82 Å². The van der Waals surface area contributed by atoms with Gasteiger partial charge in [0.25, 0.3) is 0 Å². The number of Topliss-reactive ketones (excluding diaryl/α,β-unsaturated/α-hetero) is 1. The molecule has 0 aliphatic heterocycles. The molecule has 3 rings (SSSR count). The van der Waals surface area contributed by atoms with Gasteiger partial charge in [0.2, 0.25) is 0 Å². The number of methoxy groups -OCH3 is 1. The van der Waals surface area contributed by atoms with E-state index in [1.54, 1.807) is 6.07 Å². The number of carbonyl (C=O) groups is 1. The third-order valence-electron chi connectivity index (χ3n) is 3.13. The standard InChI is InChI=1S/C16H12FNO2S/c1-20-10-6-7-11(12(17)8-10)14(19)9-16-18-13-4-2-3-5-15(13)21-16/h2-8H,9H2,1H3. The first-order valence-electron chi connectivity index (χ1n) is 6.38. The molecule has 0 saturated heterocycles. The molecule has 3 nitrogen and oxygen atoms in total. The largest absolute Gasteiger partial charge is 0.497 e. The van der Waals surface area contributed by atoms with Crippen LogP contribution in [0.15, 0.2) is 42.5 Å². The number of para-hydroxylation sites is 1. The second kappa shape index (κ2) is 5.61. The Bertz CT molecular complexity index is 780. The lowest BCUT2D eigenvalue weighted by molar-refractivity contribution is 0.0989. The van der Waals surface area contributed by atoms with E-state index in [1.165, 1.54) is 30.6 Å². The molecule has 0 atom stereocenters. The molecular weight excluding hydrogens is 289 g/mol. The molecule has 0 unspecified atom stereocenters. The number of halogens is 1.